The summed E-state index contributed by atoms with van der Waals surface area (Å²) in [6.45, 7) is 0.666. The van der Waals surface area contributed by atoms with Crippen molar-refractivity contribution >= 4 is 17.3 Å². The highest BCUT2D eigenvalue weighted by molar-refractivity contribution is 6.03. The van der Waals surface area contributed by atoms with Crippen molar-refractivity contribution in [3.8, 4) is 0 Å². The van der Waals surface area contributed by atoms with Crippen molar-refractivity contribution in [1.82, 2.24) is 0 Å². The first kappa shape index (κ1) is 17.7. The average Bonchev–Trinajstić information content (AvgIpc) is 2.79. The van der Waals surface area contributed by atoms with Crippen molar-refractivity contribution in [3.63, 3.8) is 0 Å². The van der Waals surface area contributed by atoms with Crippen molar-refractivity contribution in [2.45, 2.75) is 12.1 Å². The molecule has 144 valence electrons. The van der Waals surface area contributed by atoms with Crippen molar-refractivity contribution in [2.75, 3.05) is 16.5 Å². The van der Waals surface area contributed by atoms with E-state index in [-0.39, 0.29) is 24.0 Å². The number of rotatable bonds is 4. The fourth-order valence-electron chi connectivity index (χ4n) is 4.18. The average molecular weight is 382 g/mol. The Kier molecular flexibility index (Phi) is 4.62. The van der Waals surface area contributed by atoms with Gasteiger partial charge in [0.2, 0.25) is 5.91 Å². The standard InChI is InChI=1S/C25H22N2O2/c28-25-23(22-17-10-18-26(29-22)20-13-6-2-7-14-20)24(19-11-4-1-5-12-19)27(25)21-15-8-3-9-16-21/h1-17,22-24H,18H2/t22-,23+,24+/m1/s1. The molecule has 2 heterocycles. The summed E-state index contributed by atoms with van der Waals surface area (Å²) in [6, 6.07) is 30.0. The van der Waals surface area contributed by atoms with Gasteiger partial charge in [-0.25, -0.2) is 5.06 Å². The van der Waals surface area contributed by atoms with Crippen LogP contribution in [0.25, 0.3) is 0 Å². The van der Waals surface area contributed by atoms with Crippen LogP contribution in [0.4, 0.5) is 11.4 Å². The van der Waals surface area contributed by atoms with Gasteiger partial charge in [-0.05, 0) is 29.8 Å². The van der Waals surface area contributed by atoms with Gasteiger partial charge in [0.15, 0.2) is 0 Å². The Hall–Kier alpha value is -3.37. The number of benzene rings is 3. The number of carbonyl (C=O) groups excluding carboxylic acids is 1. The summed E-state index contributed by atoms with van der Waals surface area (Å²) in [5.41, 5.74) is 3.03. The largest absolute Gasteiger partial charge is 0.304 e. The van der Waals surface area contributed by atoms with Gasteiger partial charge in [0.1, 0.15) is 6.10 Å². The minimum atomic E-state index is -0.304. The van der Waals surface area contributed by atoms with Crippen LogP contribution in [0.2, 0.25) is 0 Å². The topological polar surface area (TPSA) is 32.8 Å². The molecule has 29 heavy (non-hydrogen) atoms. The van der Waals surface area contributed by atoms with E-state index in [0.717, 1.165) is 16.9 Å². The molecule has 5 rings (SSSR count). The monoisotopic (exact) mass is 382 g/mol. The second kappa shape index (κ2) is 7.57. The number of hydrogen-bond donors (Lipinski definition) is 0. The van der Waals surface area contributed by atoms with Crippen molar-refractivity contribution in [2.24, 2.45) is 5.92 Å². The Balaban J connectivity index is 1.46. The first-order chi connectivity index (χ1) is 14.3. The van der Waals surface area contributed by atoms with E-state index in [4.69, 9.17) is 4.84 Å². The van der Waals surface area contributed by atoms with Gasteiger partial charge in [0.25, 0.3) is 0 Å². The Morgan fingerprint density at radius 1 is 0.759 bits per heavy atom. The third-order valence-electron chi connectivity index (χ3n) is 5.56. The molecule has 4 nitrogen and oxygen atoms in total. The maximum Gasteiger partial charge on any atom is 0.236 e. The van der Waals surface area contributed by atoms with E-state index in [1.807, 2.05) is 94.9 Å². The van der Waals surface area contributed by atoms with Crippen LogP contribution < -0.4 is 9.96 Å². The molecule has 0 unspecified atom stereocenters. The third kappa shape index (κ3) is 3.22. The number of hydroxylamine groups is 1. The molecular weight excluding hydrogens is 360 g/mol. The maximum absolute atomic E-state index is 13.3. The lowest BCUT2D eigenvalue weighted by molar-refractivity contribution is -0.137. The van der Waals surface area contributed by atoms with E-state index in [2.05, 4.69) is 18.2 Å². The van der Waals surface area contributed by atoms with Crippen molar-refractivity contribution in [3.05, 3.63) is 109 Å². The number of para-hydroxylation sites is 2. The highest BCUT2D eigenvalue weighted by Gasteiger charge is 2.53. The van der Waals surface area contributed by atoms with E-state index in [9.17, 15) is 4.79 Å². The summed E-state index contributed by atoms with van der Waals surface area (Å²) in [4.78, 5) is 21.5. The molecule has 2 aliphatic heterocycles. The predicted octanol–water partition coefficient (Wildman–Crippen LogP) is 4.77. The van der Waals surface area contributed by atoms with Crippen LogP contribution in [0.1, 0.15) is 11.6 Å². The lowest BCUT2D eigenvalue weighted by atomic mass is 9.78. The Labute approximate surface area is 170 Å². The van der Waals surface area contributed by atoms with Gasteiger partial charge in [-0.3, -0.25) is 9.63 Å². The minimum absolute atomic E-state index is 0.0588. The summed E-state index contributed by atoms with van der Waals surface area (Å²) in [5, 5.41) is 1.87. The maximum atomic E-state index is 13.3. The number of amides is 1. The summed E-state index contributed by atoms with van der Waals surface area (Å²) < 4.78 is 0. The van der Waals surface area contributed by atoms with E-state index >= 15 is 0 Å². The molecule has 0 N–H and O–H groups in total. The van der Waals surface area contributed by atoms with Crippen molar-refractivity contribution < 1.29 is 9.63 Å². The molecule has 1 amide bonds. The molecule has 1 fully saturated rings. The van der Waals surface area contributed by atoms with Gasteiger partial charge in [-0.2, -0.15) is 0 Å². The zero-order chi connectivity index (χ0) is 19.6. The molecule has 0 radical (unpaired) electrons. The number of carbonyl (C=O) groups is 1. The molecule has 0 saturated carbocycles. The van der Waals surface area contributed by atoms with Crippen LogP contribution in [0.5, 0.6) is 0 Å². The van der Waals surface area contributed by atoms with Gasteiger partial charge in [-0.1, -0.05) is 78.9 Å². The Morgan fingerprint density at radius 3 is 2.00 bits per heavy atom. The van der Waals surface area contributed by atoms with E-state index in [1.54, 1.807) is 0 Å². The molecule has 0 spiro atoms. The predicted molar refractivity (Wildman–Crippen MR) is 114 cm³/mol. The van der Waals surface area contributed by atoms with Gasteiger partial charge in [0.05, 0.1) is 24.2 Å². The normalized spacial score (nSPS) is 23.7. The summed E-state index contributed by atoms with van der Waals surface area (Å²) in [5.74, 6) is -0.171. The Bertz CT molecular complexity index is 1000. The quantitative estimate of drug-likeness (QED) is 0.481. The zero-order valence-corrected chi connectivity index (χ0v) is 16.0. The second-order valence-electron chi connectivity index (χ2n) is 7.32. The fraction of sp³-hybridized carbons (Fsp3) is 0.160. The third-order valence-corrected chi connectivity index (χ3v) is 5.56. The first-order valence-electron chi connectivity index (χ1n) is 9.92. The number of hydrogen-bond acceptors (Lipinski definition) is 3. The van der Waals surface area contributed by atoms with Crippen molar-refractivity contribution in [1.29, 1.82) is 0 Å². The van der Waals surface area contributed by atoms with Crippen LogP contribution in [-0.4, -0.2) is 18.6 Å². The first-order valence-corrected chi connectivity index (χ1v) is 9.92. The van der Waals surface area contributed by atoms with Gasteiger partial charge in [0, 0.05) is 5.69 Å². The molecular formula is C25H22N2O2. The SMILES string of the molecule is O=C1[C@@H]([C@H]2C=CCN(c3ccccc3)O2)[C@H](c2ccccc2)N1c1ccccc1. The minimum Gasteiger partial charge on any atom is -0.304 e. The molecule has 1 saturated heterocycles. The molecule has 3 aromatic rings. The lowest BCUT2D eigenvalue weighted by Crippen LogP contribution is -2.60. The highest BCUT2D eigenvalue weighted by atomic mass is 16.7. The lowest BCUT2D eigenvalue weighted by Gasteiger charge is -2.50. The number of anilines is 2. The molecule has 0 aliphatic carbocycles. The summed E-state index contributed by atoms with van der Waals surface area (Å²) >= 11 is 0. The fourth-order valence-corrected chi connectivity index (χ4v) is 4.18. The van der Waals surface area contributed by atoms with Crippen LogP contribution in [-0.2, 0) is 9.63 Å². The second-order valence-corrected chi connectivity index (χ2v) is 7.32. The van der Waals surface area contributed by atoms with Gasteiger partial charge < -0.3 is 4.90 Å². The Morgan fingerprint density at radius 2 is 1.34 bits per heavy atom. The van der Waals surface area contributed by atoms with E-state index in [1.165, 1.54) is 0 Å². The molecule has 4 heteroatoms. The van der Waals surface area contributed by atoms with Crippen LogP contribution in [0.3, 0.4) is 0 Å². The molecule has 0 aromatic heterocycles. The van der Waals surface area contributed by atoms with E-state index in [0.29, 0.717) is 6.54 Å². The van der Waals surface area contributed by atoms with Crippen LogP contribution in [0, 0.1) is 5.92 Å². The smallest absolute Gasteiger partial charge is 0.236 e. The van der Waals surface area contributed by atoms with Gasteiger partial charge >= 0.3 is 0 Å². The zero-order valence-electron chi connectivity index (χ0n) is 16.0. The van der Waals surface area contributed by atoms with Crippen LogP contribution in [0.15, 0.2) is 103 Å². The van der Waals surface area contributed by atoms with Crippen LogP contribution >= 0.6 is 0 Å². The number of nitrogens with zero attached hydrogens (tertiary/aromatic N) is 2. The van der Waals surface area contributed by atoms with Gasteiger partial charge in [-0.15, -0.1) is 0 Å². The highest BCUT2D eigenvalue weighted by Crippen LogP contribution is 2.46. The summed E-state index contributed by atoms with van der Waals surface area (Å²) in [6.07, 6.45) is 3.81. The molecule has 0 bridgehead atoms. The molecule has 3 aromatic carbocycles. The van der Waals surface area contributed by atoms with E-state index < -0.39 is 0 Å². The number of β-lactam (4-membered cyclic amide) rings is 1. The molecule has 2 aliphatic rings. The summed E-state index contributed by atoms with van der Waals surface area (Å²) in [7, 11) is 0. The molecule has 3 atom stereocenters.